The third kappa shape index (κ3) is 3.98. The number of hydrogen-bond acceptors (Lipinski definition) is 5. The second-order valence-electron chi connectivity index (χ2n) is 6.77. The van der Waals surface area contributed by atoms with Gasteiger partial charge in [0.2, 0.25) is 0 Å². The highest BCUT2D eigenvalue weighted by Gasteiger charge is 2.32. The molecule has 0 N–H and O–H groups in total. The van der Waals surface area contributed by atoms with Crippen LogP contribution in [0.2, 0.25) is 0 Å². The van der Waals surface area contributed by atoms with E-state index in [-0.39, 0.29) is 11.4 Å². The molecule has 4 rings (SSSR count). The van der Waals surface area contributed by atoms with Gasteiger partial charge in [0.05, 0.1) is 11.1 Å². The summed E-state index contributed by atoms with van der Waals surface area (Å²) in [6, 6.07) is 7.32. The number of amides is 1. The second kappa shape index (κ2) is 7.65. The molecule has 0 atom stereocenters. The first-order valence-corrected chi connectivity index (χ1v) is 9.21. The van der Waals surface area contributed by atoms with Crippen molar-refractivity contribution in [3.05, 3.63) is 60.2 Å². The van der Waals surface area contributed by atoms with E-state index in [2.05, 4.69) is 15.0 Å². The predicted octanol–water partition coefficient (Wildman–Crippen LogP) is 3.40. The van der Waals surface area contributed by atoms with Crippen molar-refractivity contribution in [1.82, 2.24) is 19.9 Å². The monoisotopic (exact) mass is 401 g/mol. The molecule has 0 saturated carbocycles. The van der Waals surface area contributed by atoms with E-state index >= 15 is 0 Å². The summed E-state index contributed by atoms with van der Waals surface area (Å²) >= 11 is 0. The van der Waals surface area contributed by atoms with Crippen LogP contribution in [0.3, 0.4) is 0 Å². The van der Waals surface area contributed by atoms with Crippen molar-refractivity contribution in [1.29, 1.82) is 0 Å². The minimum Gasteiger partial charge on any atom is -0.354 e. The maximum absolute atomic E-state index is 13.0. The lowest BCUT2D eigenvalue weighted by atomic mass is 10.2. The molecule has 9 heteroatoms. The topological polar surface area (TPSA) is 62.2 Å². The van der Waals surface area contributed by atoms with Crippen LogP contribution in [0.1, 0.15) is 22.5 Å². The number of fused-ring (bicyclic) bond motifs is 1. The lowest BCUT2D eigenvalue weighted by Gasteiger charge is -2.24. The van der Waals surface area contributed by atoms with E-state index in [1.54, 1.807) is 29.4 Å². The van der Waals surface area contributed by atoms with Gasteiger partial charge in [0.1, 0.15) is 11.5 Å². The number of carbonyl (C=O) groups is 1. The zero-order valence-corrected chi connectivity index (χ0v) is 15.4. The van der Waals surface area contributed by atoms with Gasteiger partial charge in [0, 0.05) is 50.2 Å². The van der Waals surface area contributed by atoms with Crippen LogP contribution >= 0.6 is 0 Å². The summed E-state index contributed by atoms with van der Waals surface area (Å²) in [6.07, 6.45) is 0.853. The highest BCUT2D eigenvalue weighted by Crippen LogP contribution is 2.31. The first kappa shape index (κ1) is 19.1. The van der Waals surface area contributed by atoms with Gasteiger partial charge in [-0.3, -0.25) is 9.78 Å². The fourth-order valence-electron chi connectivity index (χ4n) is 3.45. The smallest absolute Gasteiger partial charge is 0.354 e. The molecular weight excluding hydrogens is 383 g/mol. The number of carbonyl (C=O) groups excluding carboxylic acids is 1. The Kier molecular flexibility index (Phi) is 5.04. The molecule has 1 aliphatic rings. The fourth-order valence-corrected chi connectivity index (χ4v) is 3.45. The van der Waals surface area contributed by atoms with Crippen LogP contribution in [-0.2, 0) is 6.18 Å². The summed E-state index contributed by atoms with van der Waals surface area (Å²) in [5.41, 5.74) is -0.142. The lowest BCUT2D eigenvalue weighted by molar-refractivity contribution is -0.140. The van der Waals surface area contributed by atoms with Crippen molar-refractivity contribution in [3.63, 3.8) is 0 Å². The van der Waals surface area contributed by atoms with E-state index in [0.29, 0.717) is 42.9 Å². The van der Waals surface area contributed by atoms with E-state index in [4.69, 9.17) is 0 Å². The van der Waals surface area contributed by atoms with Crippen LogP contribution in [0.25, 0.3) is 10.9 Å². The Morgan fingerprint density at radius 3 is 2.62 bits per heavy atom. The first-order chi connectivity index (χ1) is 13.9. The highest BCUT2D eigenvalue weighted by atomic mass is 19.4. The van der Waals surface area contributed by atoms with Gasteiger partial charge in [-0.15, -0.1) is 0 Å². The number of alkyl halides is 3. The van der Waals surface area contributed by atoms with Crippen LogP contribution in [-0.4, -0.2) is 51.9 Å². The number of pyridine rings is 3. The third-order valence-corrected chi connectivity index (χ3v) is 4.88. The molecule has 0 aromatic carbocycles. The van der Waals surface area contributed by atoms with Crippen molar-refractivity contribution < 1.29 is 18.0 Å². The number of nitrogens with zero attached hydrogens (tertiary/aromatic N) is 5. The largest absolute Gasteiger partial charge is 0.433 e. The maximum Gasteiger partial charge on any atom is 0.433 e. The molecule has 6 nitrogen and oxygen atoms in total. The maximum atomic E-state index is 13.0. The second-order valence-corrected chi connectivity index (χ2v) is 6.77. The van der Waals surface area contributed by atoms with Gasteiger partial charge in [0.15, 0.2) is 0 Å². The normalized spacial score (nSPS) is 15.4. The van der Waals surface area contributed by atoms with Gasteiger partial charge in [0.25, 0.3) is 5.91 Å². The van der Waals surface area contributed by atoms with Crippen LogP contribution < -0.4 is 4.90 Å². The summed E-state index contributed by atoms with van der Waals surface area (Å²) in [5, 5.41) is 0.563. The number of rotatable bonds is 2. The Balaban J connectivity index is 1.56. The summed E-state index contributed by atoms with van der Waals surface area (Å²) in [4.78, 5) is 28.6. The average Bonchev–Trinajstić information content (AvgIpc) is 2.98. The van der Waals surface area contributed by atoms with Crippen LogP contribution in [0, 0.1) is 0 Å². The molecule has 1 amide bonds. The quantitative estimate of drug-likeness (QED) is 0.659. The van der Waals surface area contributed by atoms with Crippen LogP contribution in [0.4, 0.5) is 19.0 Å². The van der Waals surface area contributed by atoms with Crippen LogP contribution in [0.5, 0.6) is 0 Å². The number of hydrogen-bond donors (Lipinski definition) is 0. The molecule has 3 aromatic heterocycles. The molecule has 150 valence electrons. The summed E-state index contributed by atoms with van der Waals surface area (Å²) in [6.45, 7) is 2.24. The molecule has 1 saturated heterocycles. The number of anilines is 1. The van der Waals surface area contributed by atoms with E-state index in [9.17, 15) is 18.0 Å². The molecule has 29 heavy (non-hydrogen) atoms. The molecule has 0 radical (unpaired) electrons. The molecule has 0 bridgehead atoms. The SMILES string of the molecule is O=C(c1cccnc1)N1CCCN(c2nccc3nc(C(F)(F)F)ccc23)CC1. The molecule has 1 fully saturated rings. The zero-order valence-electron chi connectivity index (χ0n) is 15.4. The van der Waals surface area contributed by atoms with Crippen molar-refractivity contribution >= 4 is 22.6 Å². The summed E-state index contributed by atoms with van der Waals surface area (Å²) < 4.78 is 38.9. The standard InChI is InChI=1S/C20H18F3N5O/c21-20(22,23)17-5-4-15-16(26-17)6-8-25-18(15)27-9-2-10-28(12-11-27)19(29)14-3-1-7-24-13-14/h1,3-8,13H,2,9-12H2. The predicted molar refractivity (Wildman–Crippen MR) is 102 cm³/mol. The van der Waals surface area contributed by atoms with E-state index in [1.807, 2.05) is 4.90 Å². The van der Waals surface area contributed by atoms with Crippen molar-refractivity contribution in [3.8, 4) is 0 Å². The number of aromatic nitrogens is 3. The Labute approximate surface area is 165 Å². The van der Waals surface area contributed by atoms with Crippen molar-refractivity contribution in [2.24, 2.45) is 0 Å². The van der Waals surface area contributed by atoms with Gasteiger partial charge < -0.3 is 9.80 Å². The van der Waals surface area contributed by atoms with Gasteiger partial charge in [-0.1, -0.05) is 0 Å². The summed E-state index contributed by atoms with van der Waals surface area (Å²) in [7, 11) is 0. The van der Waals surface area contributed by atoms with E-state index < -0.39 is 11.9 Å². The van der Waals surface area contributed by atoms with E-state index in [0.717, 1.165) is 12.5 Å². The Bertz CT molecular complexity index is 1030. The number of halogens is 3. The van der Waals surface area contributed by atoms with Crippen molar-refractivity contribution in [2.75, 3.05) is 31.1 Å². The lowest BCUT2D eigenvalue weighted by Crippen LogP contribution is -2.35. The molecule has 0 aliphatic carbocycles. The van der Waals surface area contributed by atoms with Gasteiger partial charge in [-0.05, 0) is 36.8 Å². The fraction of sp³-hybridized carbons (Fsp3) is 0.300. The Morgan fingerprint density at radius 1 is 1.00 bits per heavy atom. The molecule has 0 spiro atoms. The Morgan fingerprint density at radius 2 is 1.86 bits per heavy atom. The molecule has 4 heterocycles. The molecule has 1 aliphatic heterocycles. The molecular formula is C20H18F3N5O. The minimum atomic E-state index is -4.49. The minimum absolute atomic E-state index is 0.0812. The zero-order chi connectivity index (χ0) is 20.4. The first-order valence-electron chi connectivity index (χ1n) is 9.21. The highest BCUT2D eigenvalue weighted by molar-refractivity contribution is 5.94. The Hall–Kier alpha value is -3.23. The third-order valence-electron chi connectivity index (χ3n) is 4.88. The van der Waals surface area contributed by atoms with E-state index in [1.165, 1.54) is 18.3 Å². The molecule has 3 aromatic rings. The van der Waals surface area contributed by atoms with Crippen LogP contribution in [0.15, 0.2) is 48.9 Å². The van der Waals surface area contributed by atoms with Crippen molar-refractivity contribution in [2.45, 2.75) is 12.6 Å². The van der Waals surface area contributed by atoms with Gasteiger partial charge in [-0.25, -0.2) is 9.97 Å². The molecule has 0 unspecified atom stereocenters. The van der Waals surface area contributed by atoms with Gasteiger partial charge >= 0.3 is 6.18 Å². The van der Waals surface area contributed by atoms with Gasteiger partial charge in [-0.2, -0.15) is 13.2 Å². The average molecular weight is 401 g/mol. The summed E-state index contributed by atoms with van der Waals surface area (Å²) in [5.74, 6) is 0.502.